The van der Waals surface area contributed by atoms with Crippen LogP contribution in [0.2, 0.25) is 0 Å². The Hall–Kier alpha value is -2.56. The smallest absolute Gasteiger partial charge is 0.262 e. The zero-order valence-corrected chi connectivity index (χ0v) is 13.3. The number of carbonyl (C=O) groups excluding carboxylic acids is 1. The van der Waals surface area contributed by atoms with Crippen LogP contribution >= 0.6 is 0 Å². The molecule has 0 unspecified atom stereocenters. The largest absolute Gasteiger partial charge is 0.483 e. The fourth-order valence-electron chi connectivity index (χ4n) is 2.21. The van der Waals surface area contributed by atoms with Crippen molar-refractivity contribution in [1.29, 1.82) is 0 Å². The van der Waals surface area contributed by atoms with Gasteiger partial charge in [0.1, 0.15) is 11.6 Å². The number of anilines is 2. The van der Waals surface area contributed by atoms with Gasteiger partial charge in [0.05, 0.1) is 5.69 Å². The van der Waals surface area contributed by atoms with Crippen molar-refractivity contribution in [3.05, 3.63) is 53.8 Å². The molecule has 0 saturated heterocycles. The maximum absolute atomic E-state index is 13.6. The second-order valence-electron chi connectivity index (χ2n) is 5.42. The van der Waals surface area contributed by atoms with E-state index in [1.807, 2.05) is 24.3 Å². The van der Waals surface area contributed by atoms with Gasteiger partial charge in [-0.25, -0.2) is 4.39 Å². The van der Waals surface area contributed by atoms with Gasteiger partial charge in [0.2, 0.25) is 0 Å². The van der Waals surface area contributed by atoms with E-state index in [1.54, 1.807) is 0 Å². The number of carbonyl (C=O) groups is 1. The number of nitrogen functional groups attached to an aromatic ring is 1. The van der Waals surface area contributed by atoms with E-state index in [2.05, 4.69) is 19.2 Å². The van der Waals surface area contributed by atoms with E-state index >= 15 is 0 Å². The molecule has 23 heavy (non-hydrogen) atoms. The Morgan fingerprint density at radius 3 is 2.78 bits per heavy atom. The minimum absolute atomic E-state index is 0.0498. The number of halogens is 1. The molecule has 3 N–H and O–H groups in total. The van der Waals surface area contributed by atoms with Crippen LogP contribution < -0.4 is 15.8 Å². The molecule has 0 bridgehead atoms. The molecule has 0 aliphatic heterocycles. The van der Waals surface area contributed by atoms with Crippen molar-refractivity contribution in [2.24, 2.45) is 0 Å². The highest BCUT2D eigenvalue weighted by Crippen LogP contribution is 2.28. The summed E-state index contributed by atoms with van der Waals surface area (Å²) in [5.41, 5.74) is 7.07. The van der Waals surface area contributed by atoms with Gasteiger partial charge in [-0.1, -0.05) is 32.0 Å². The number of hydrogen-bond acceptors (Lipinski definition) is 3. The fourth-order valence-corrected chi connectivity index (χ4v) is 2.21. The van der Waals surface area contributed by atoms with Crippen molar-refractivity contribution in [1.82, 2.24) is 0 Å². The first-order chi connectivity index (χ1) is 11.0. The summed E-state index contributed by atoms with van der Waals surface area (Å²) in [6.45, 7) is 4.00. The Morgan fingerprint density at radius 1 is 1.30 bits per heavy atom. The molecular weight excluding hydrogens is 295 g/mol. The first-order valence-electron chi connectivity index (χ1n) is 7.57. The Balaban J connectivity index is 2.01. The van der Waals surface area contributed by atoms with Crippen molar-refractivity contribution < 1.29 is 13.9 Å². The van der Waals surface area contributed by atoms with Crippen LogP contribution in [0.3, 0.4) is 0 Å². The summed E-state index contributed by atoms with van der Waals surface area (Å²) >= 11 is 0. The molecule has 2 aromatic rings. The van der Waals surface area contributed by atoms with Crippen molar-refractivity contribution >= 4 is 17.3 Å². The van der Waals surface area contributed by atoms with Crippen LogP contribution in [0, 0.1) is 5.82 Å². The first kappa shape index (κ1) is 16.8. The molecule has 122 valence electrons. The van der Waals surface area contributed by atoms with Crippen LogP contribution in [0.4, 0.5) is 15.8 Å². The van der Waals surface area contributed by atoms with Crippen LogP contribution in [-0.2, 0) is 4.79 Å². The lowest BCUT2D eigenvalue weighted by Crippen LogP contribution is -2.21. The standard InChI is InChI=1S/C18H21FN2O2/c1-3-12(2)14-6-4-5-7-17(14)23-11-18(22)21-16-10-13(20)8-9-15(16)19/h4-10,12H,3,11,20H2,1-2H3,(H,21,22)/t12-/m1/s1. The van der Waals surface area contributed by atoms with Crippen LogP contribution in [-0.4, -0.2) is 12.5 Å². The molecule has 2 rings (SSSR count). The van der Waals surface area contributed by atoms with Gasteiger partial charge in [-0.15, -0.1) is 0 Å². The summed E-state index contributed by atoms with van der Waals surface area (Å²) in [6, 6.07) is 11.6. The van der Waals surface area contributed by atoms with Gasteiger partial charge in [-0.3, -0.25) is 4.79 Å². The number of benzene rings is 2. The molecular formula is C18H21FN2O2. The zero-order valence-electron chi connectivity index (χ0n) is 13.3. The third-order valence-electron chi connectivity index (χ3n) is 3.69. The molecule has 0 radical (unpaired) electrons. The molecule has 0 spiro atoms. The maximum atomic E-state index is 13.6. The highest BCUT2D eigenvalue weighted by Gasteiger charge is 2.12. The molecule has 4 nitrogen and oxygen atoms in total. The van der Waals surface area contributed by atoms with Gasteiger partial charge < -0.3 is 15.8 Å². The molecule has 1 atom stereocenters. The lowest BCUT2D eigenvalue weighted by atomic mass is 9.98. The lowest BCUT2D eigenvalue weighted by Gasteiger charge is -2.15. The Bertz CT molecular complexity index is 688. The molecule has 2 aromatic carbocycles. The van der Waals surface area contributed by atoms with E-state index in [-0.39, 0.29) is 12.3 Å². The van der Waals surface area contributed by atoms with E-state index in [9.17, 15) is 9.18 Å². The highest BCUT2D eigenvalue weighted by molar-refractivity contribution is 5.92. The molecule has 0 aromatic heterocycles. The molecule has 0 saturated carbocycles. The van der Waals surface area contributed by atoms with Crippen molar-refractivity contribution in [3.8, 4) is 5.75 Å². The molecule has 0 heterocycles. The van der Waals surface area contributed by atoms with Crippen LogP contribution in [0.25, 0.3) is 0 Å². The van der Waals surface area contributed by atoms with Crippen LogP contribution in [0.15, 0.2) is 42.5 Å². The van der Waals surface area contributed by atoms with Crippen LogP contribution in [0.5, 0.6) is 5.75 Å². The number of nitrogens with one attached hydrogen (secondary N) is 1. The molecule has 0 aliphatic carbocycles. The van der Waals surface area contributed by atoms with Gasteiger partial charge in [0.25, 0.3) is 5.91 Å². The summed E-state index contributed by atoms with van der Waals surface area (Å²) < 4.78 is 19.2. The number of amides is 1. The third kappa shape index (κ3) is 4.45. The van der Waals surface area contributed by atoms with E-state index < -0.39 is 11.7 Å². The van der Waals surface area contributed by atoms with Gasteiger partial charge in [-0.05, 0) is 42.2 Å². The van der Waals surface area contributed by atoms with E-state index in [1.165, 1.54) is 18.2 Å². The molecule has 0 fully saturated rings. The molecule has 5 heteroatoms. The SMILES string of the molecule is CC[C@@H](C)c1ccccc1OCC(=O)Nc1cc(N)ccc1F. The molecule has 1 amide bonds. The average molecular weight is 316 g/mol. The second-order valence-corrected chi connectivity index (χ2v) is 5.42. The van der Waals surface area contributed by atoms with Gasteiger partial charge in [0, 0.05) is 5.69 Å². The van der Waals surface area contributed by atoms with Crippen molar-refractivity contribution in [2.75, 3.05) is 17.7 Å². The van der Waals surface area contributed by atoms with Gasteiger partial charge in [0.15, 0.2) is 6.61 Å². The Labute approximate surface area is 135 Å². The van der Waals surface area contributed by atoms with Crippen molar-refractivity contribution in [3.63, 3.8) is 0 Å². The molecule has 0 aliphatic rings. The summed E-state index contributed by atoms with van der Waals surface area (Å²) in [6.07, 6.45) is 0.973. The predicted molar refractivity (Wildman–Crippen MR) is 90.1 cm³/mol. The summed E-state index contributed by atoms with van der Waals surface area (Å²) in [5, 5.41) is 2.47. The minimum Gasteiger partial charge on any atom is -0.483 e. The first-order valence-corrected chi connectivity index (χ1v) is 7.57. The second kappa shape index (κ2) is 7.63. The summed E-state index contributed by atoms with van der Waals surface area (Å²) in [4.78, 5) is 12.0. The zero-order chi connectivity index (χ0) is 16.8. The Morgan fingerprint density at radius 2 is 2.04 bits per heavy atom. The topological polar surface area (TPSA) is 64.3 Å². The number of hydrogen-bond donors (Lipinski definition) is 2. The number of ether oxygens (including phenoxy) is 1. The average Bonchev–Trinajstić information content (AvgIpc) is 2.56. The van der Waals surface area contributed by atoms with Crippen molar-refractivity contribution in [2.45, 2.75) is 26.2 Å². The monoisotopic (exact) mass is 316 g/mol. The van der Waals surface area contributed by atoms with Crippen LogP contribution in [0.1, 0.15) is 31.7 Å². The van der Waals surface area contributed by atoms with E-state index in [0.717, 1.165) is 12.0 Å². The quantitative estimate of drug-likeness (QED) is 0.793. The Kier molecular flexibility index (Phi) is 5.57. The summed E-state index contributed by atoms with van der Waals surface area (Å²) in [5.74, 6) is 0.0340. The van der Waals surface area contributed by atoms with Gasteiger partial charge >= 0.3 is 0 Å². The van der Waals surface area contributed by atoms with E-state index in [4.69, 9.17) is 10.5 Å². The highest BCUT2D eigenvalue weighted by atomic mass is 19.1. The number of rotatable bonds is 6. The fraction of sp³-hybridized carbons (Fsp3) is 0.278. The number of nitrogens with two attached hydrogens (primary N) is 1. The van der Waals surface area contributed by atoms with Gasteiger partial charge in [-0.2, -0.15) is 0 Å². The summed E-state index contributed by atoms with van der Waals surface area (Å²) in [7, 11) is 0. The lowest BCUT2D eigenvalue weighted by molar-refractivity contribution is -0.118. The normalized spacial score (nSPS) is 11.8. The predicted octanol–water partition coefficient (Wildman–Crippen LogP) is 3.94. The number of para-hydroxylation sites is 1. The third-order valence-corrected chi connectivity index (χ3v) is 3.69. The maximum Gasteiger partial charge on any atom is 0.262 e. The minimum atomic E-state index is -0.535. The van der Waals surface area contributed by atoms with E-state index in [0.29, 0.717) is 17.4 Å².